The van der Waals surface area contributed by atoms with E-state index in [9.17, 15) is 19.2 Å². The minimum absolute atomic E-state index is 0.0478. The average molecular weight is 835 g/mol. The lowest BCUT2D eigenvalue weighted by Crippen LogP contribution is -2.54. The number of anilines is 1. The number of carbonyl (C=O) groups excluding carboxylic acids is 4. The summed E-state index contributed by atoms with van der Waals surface area (Å²) >= 11 is 0. The van der Waals surface area contributed by atoms with Crippen molar-refractivity contribution in [3.8, 4) is 28.5 Å². The summed E-state index contributed by atoms with van der Waals surface area (Å²) in [5.41, 5.74) is 2.39. The van der Waals surface area contributed by atoms with E-state index in [4.69, 9.17) is 34.2 Å². The van der Waals surface area contributed by atoms with Crippen molar-refractivity contribution < 1.29 is 42.9 Å². The molecule has 0 aliphatic carbocycles. The monoisotopic (exact) mass is 834 g/mol. The van der Waals surface area contributed by atoms with Crippen LogP contribution in [-0.2, 0) is 23.8 Å². The normalized spacial score (nSPS) is 17.0. The summed E-state index contributed by atoms with van der Waals surface area (Å²) in [6.45, 7) is 8.69. The Morgan fingerprint density at radius 1 is 0.836 bits per heavy atom. The Morgan fingerprint density at radius 2 is 1.51 bits per heavy atom. The number of imide groups is 2. The van der Waals surface area contributed by atoms with Gasteiger partial charge in [-0.15, -0.1) is 0 Å². The minimum atomic E-state index is -1.04. The number of aliphatic imine (C=N–C) groups is 1. The summed E-state index contributed by atoms with van der Waals surface area (Å²) in [5.74, 6) is 0.183. The molecule has 4 aromatic rings. The molecule has 320 valence electrons. The fourth-order valence-electron chi connectivity index (χ4n) is 7.69. The third-order valence-electron chi connectivity index (χ3n) is 10.8. The van der Waals surface area contributed by atoms with Crippen molar-refractivity contribution in [1.82, 2.24) is 24.9 Å². The summed E-state index contributed by atoms with van der Waals surface area (Å²) in [7, 11) is 1.84. The number of nitrogens with one attached hydrogen (secondary N) is 3. The summed E-state index contributed by atoms with van der Waals surface area (Å²) in [6.07, 6.45) is 1.90. The second kappa shape index (κ2) is 20.3. The highest BCUT2D eigenvalue weighted by Crippen LogP contribution is 2.36. The molecule has 0 spiro atoms. The van der Waals surface area contributed by atoms with Gasteiger partial charge in [-0.1, -0.05) is 24.3 Å². The lowest BCUT2D eigenvalue weighted by atomic mass is 10.0. The quantitative estimate of drug-likeness (QED) is 0.0486. The van der Waals surface area contributed by atoms with E-state index in [1.165, 1.54) is 6.07 Å². The number of piperidine rings is 2. The van der Waals surface area contributed by atoms with Gasteiger partial charge in [-0.3, -0.25) is 34.8 Å². The summed E-state index contributed by atoms with van der Waals surface area (Å²) in [4.78, 5) is 57.4. The van der Waals surface area contributed by atoms with Crippen molar-refractivity contribution in [2.24, 2.45) is 4.99 Å². The first-order valence-electron chi connectivity index (χ1n) is 20.4. The maximum Gasteiger partial charge on any atom is 0.266 e. The number of fused-ring (bicyclic) bond motifs is 1. The van der Waals surface area contributed by atoms with Crippen molar-refractivity contribution in [3.63, 3.8) is 0 Å². The molecular formula is C44H50N8O9. The highest BCUT2D eigenvalue weighted by molar-refractivity contribution is 6.24. The summed E-state index contributed by atoms with van der Waals surface area (Å²) < 4.78 is 30.9. The Bertz CT molecular complexity index is 2220. The van der Waals surface area contributed by atoms with Crippen LogP contribution >= 0.6 is 0 Å². The van der Waals surface area contributed by atoms with Crippen molar-refractivity contribution in [1.29, 1.82) is 5.41 Å². The average Bonchev–Trinajstić information content (AvgIpc) is 3.79. The van der Waals surface area contributed by atoms with Gasteiger partial charge >= 0.3 is 0 Å². The van der Waals surface area contributed by atoms with Crippen LogP contribution in [0.15, 0.2) is 77.8 Å². The number of likely N-dealkylation sites (tertiary alicyclic amines) is 1. The van der Waals surface area contributed by atoms with E-state index >= 15 is 0 Å². The fourth-order valence-corrected chi connectivity index (χ4v) is 7.69. The minimum Gasteiger partial charge on any atom is -0.490 e. The molecule has 3 aliphatic rings. The van der Waals surface area contributed by atoms with Crippen LogP contribution in [0.4, 0.5) is 5.82 Å². The molecule has 7 rings (SSSR count). The van der Waals surface area contributed by atoms with E-state index in [2.05, 4.69) is 27.2 Å². The molecule has 2 fully saturated rings. The molecule has 4 heterocycles. The number of aromatic nitrogens is 2. The zero-order valence-corrected chi connectivity index (χ0v) is 34.1. The lowest BCUT2D eigenvalue weighted by Gasteiger charge is -2.32. The number of amidine groups is 1. The Kier molecular flexibility index (Phi) is 14.3. The van der Waals surface area contributed by atoms with Crippen LogP contribution in [0.2, 0.25) is 0 Å². The first-order chi connectivity index (χ1) is 29.8. The second-order valence-electron chi connectivity index (χ2n) is 14.6. The molecule has 0 saturated carbocycles. The molecule has 17 heteroatoms. The van der Waals surface area contributed by atoms with Crippen LogP contribution in [0.1, 0.15) is 58.0 Å². The number of amides is 4. The van der Waals surface area contributed by atoms with Gasteiger partial charge in [0.05, 0.1) is 62.4 Å². The van der Waals surface area contributed by atoms with Crippen LogP contribution in [0.25, 0.3) is 11.3 Å². The van der Waals surface area contributed by atoms with E-state index in [1.807, 2.05) is 66.3 Å². The van der Waals surface area contributed by atoms with Crippen molar-refractivity contribution >= 4 is 42.0 Å². The van der Waals surface area contributed by atoms with E-state index in [0.29, 0.717) is 50.0 Å². The number of rotatable bonds is 20. The molecule has 3 aliphatic heterocycles. The smallest absolute Gasteiger partial charge is 0.266 e. The Morgan fingerprint density at radius 3 is 2.18 bits per heavy atom. The number of benzene rings is 3. The van der Waals surface area contributed by atoms with Crippen molar-refractivity contribution in [2.75, 3.05) is 78.2 Å². The van der Waals surface area contributed by atoms with Gasteiger partial charge < -0.3 is 33.9 Å². The number of hydrogen-bond donors (Lipinski definition) is 3. The predicted molar refractivity (Wildman–Crippen MR) is 226 cm³/mol. The molecule has 3 N–H and O–H groups in total. The van der Waals surface area contributed by atoms with Crippen molar-refractivity contribution in [3.05, 3.63) is 89.5 Å². The number of nitrogens with zero attached hydrogens (tertiary/aromatic N) is 5. The molecule has 1 aromatic heterocycles. The second-order valence-corrected chi connectivity index (χ2v) is 14.6. The van der Waals surface area contributed by atoms with Gasteiger partial charge in [0.15, 0.2) is 5.84 Å². The molecule has 0 radical (unpaired) electrons. The van der Waals surface area contributed by atoms with Crippen LogP contribution in [-0.4, -0.2) is 135 Å². The summed E-state index contributed by atoms with van der Waals surface area (Å²) in [6, 6.07) is 21.1. The van der Waals surface area contributed by atoms with Crippen LogP contribution in [0.5, 0.6) is 17.2 Å². The largest absolute Gasteiger partial charge is 0.490 e. The highest BCUT2D eigenvalue weighted by atomic mass is 16.6. The van der Waals surface area contributed by atoms with E-state index in [1.54, 1.807) is 12.1 Å². The molecule has 3 aromatic carbocycles. The highest BCUT2D eigenvalue weighted by Gasteiger charge is 2.46. The summed E-state index contributed by atoms with van der Waals surface area (Å²) in [5, 5.41) is 19.1. The van der Waals surface area contributed by atoms with E-state index in [-0.39, 0.29) is 54.8 Å². The lowest BCUT2D eigenvalue weighted by molar-refractivity contribution is -0.136. The number of carbonyl (C=O) groups is 4. The number of para-hydroxylation sites is 1. The topological polar surface area (TPSA) is 199 Å². The maximum atomic E-state index is 13.2. The maximum absolute atomic E-state index is 13.2. The predicted octanol–water partition coefficient (Wildman–Crippen LogP) is 4.58. The van der Waals surface area contributed by atoms with Crippen LogP contribution in [0.3, 0.4) is 0 Å². The Labute approximate surface area is 353 Å². The first-order valence-corrected chi connectivity index (χ1v) is 20.4. The fraction of sp³-hybridized carbons (Fsp3) is 0.386. The molecular weight excluding hydrogens is 785 g/mol. The first kappa shape index (κ1) is 42.8. The zero-order valence-electron chi connectivity index (χ0n) is 34.1. The molecule has 1 unspecified atom stereocenters. The number of hydrogen-bond acceptors (Lipinski definition) is 13. The Hall–Kier alpha value is -6.27. The standard InChI is InChI=1S/C44H50N8O9/c1-46-40(45)38-39(29-11-13-32(14-12-29)61-31-7-4-3-5-8-31)49-52(41(38)47-2)30-17-19-50(20-18-30)21-22-57-23-24-58-25-26-59-27-28-60-35-10-6-9-33-37(35)44(56)51(43(33)55)34-15-16-36(53)48-42(34)54/h3-14,30,34,45,47H,1,15-28H2,2H3,(H,48,53,54). The molecule has 61 heavy (non-hydrogen) atoms. The number of ether oxygens (including phenoxy) is 5. The Balaban J connectivity index is 0.778. The van der Waals surface area contributed by atoms with Crippen LogP contribution in [0, 0.1) is 5.41 Å². The molecule has 4 amide bonds. The van der Waals surface area contributed by atoms with E-state index < -0.39 is 29.7 Å². The van der Waals surface area contributed by atoms with Crippen LogP contribution < -0.4 is 20.1 Å². The SMILES string of the molecule is C=NC(=N)c1c(-c2ccc(Oc3ccccc3)cc2)nn(C2CCN(CCOCCOCCOCCOc3cccc4c3C(=O)N(C3CCC(=O)NC3=O)C4=O)CC2)c1NC. The van der Waals surface area contributed by atoms with Crippen molar-refractivity contribution in [2.45, 2.75) is 37.8 Å². The van der Waals surface area contributed by atoms with Gasteiger partial charge in [-0.05, 0) is 74.5 Å². The molecule has 2 saturated heterocycles. The third kappa shape index (κ3) is 10.0. The van der Waals surface area contributed by atoms with Gasteiger partial charge in [-0.2, -0.15) is 5.10 Å². The molecule has 0 bridgehead atoms. The zero-order chi connectivity index (χ0) is 42.7. The van der Waals surface area contributed by atoms with Gasteiger partial charge in [0.2, 0.25) is 11.8 Å². The van der Waals surface area contributed by atoms with Gasteiger partial charge in [-0.25, -0.2) is 9.67 Å². The third-order valence-corrected chi connectivity index (χ3v) is 10.8. The molecule has 17 nitrogen and oxygen atoms in total. The van der Waals surface area contributed by atoms with Gasteiger partial charge in [0.25, 0.3) is 11.8 Å². The molecule has 1 atom stereocenters. The van der Waals surface area contributed by atoms with Gasteiger partial charge in [0.1, 0.15) is 41.4 Å². The van der Waals surface area contributed by atoms with E-state index in [0.717, 1.165) is 54.5 Å². The van der Waals surface area contributed by atoms with Gasteiger partial charge in [0, 0.05) is 38.7 Å².